The van der Waals surface area contributed by atoms with Gasteiger partial charge in [-0.2, -0.15) is 8.78 Å². The minimum absolute atomic E-state index is 0.181. The summed E-state index contributed by atoms with van der Waals surface area (Å²) in [4.78, 5) is 21.2. The van der Waals surface area contributed by atoms with E-state index < -0.39 is 6.55 Å². The van der Waals surface area contributed by atoms with Gasteiger partial charge < -0.3 is 0 Å². The lowest BCUT2D eigenvalue weighted by molar-refractivity contribution is 0.0656. The van der Waals surface area contributed by atoms with Crippen molar-refractivity contribution >= 4 is 39.1 Å². The topological polar surface area (TPSA) is 52.2 Å². The molecule has 1 aromatic carbocycles. The maximum absolute atomic E-state index is 13.4. The molecule has 0 radical (unpaired) electrons. The van der Waals surface area contributed by atoms with Crippen molar-refractivity contribution < 1.29 is 8.78 Å². The van der Waals surface area contributed by atoms with Gasteiger partial charge in [-0.25, -0.2) is 9.97 Å². The second kappa shape index (κ2) is 5.99. The number of thioether (sulfide) groups is 1. The lowest BCUT2D eigenvalue weighted by Crippen LogP contribution is -2.12. The lowest BCUT2D eigenvalue weighted by atomic mass is 10.3. The Kier molecular flexibility index (Phi) is 3.81. The molecule has 0 spiro atoms. The SMILES string of the molecule is O=c1cc(CSc2nc3ccccc3n2C(F)F)nc2sccn12. The Balaban J connectivity index is 1.68. The first kappa shape index (κ1) is 15.3. The summed E-state index contributed by atoms with van der Waals surface area (Å²) in [5.41, 5.74) is 1.26. The maximum Gasteiger partial charge on any atom is 0.321 e. The van der Waals surface area contributed by atoms with Crippen LogP contribution in [0.4, 0.5) is 8.78 Å². The van der Waals surface area contributed by atoms with Crippen molar-refractivity contribution in [3.05, 3.63) is 58.0 Å². The highest BCUT2D eigenvalue weighted by Gasteiger charge is 2.18. The molecule has 0 bridgehead atoms. The smallest absolute Gasteiger partial charge is 0.269 e. The summed E-state index contributed by atoms with van der Waals surface area (Å²) in [6, 6.07) is 8.18. The summed E-state index contributed by atoms with van der Waals surface area (Å²) < 4.78 is 29.1. The quantitative estimate of drug-likeness (QED) is 0.517. The molecule has 0 atom stereocenters. The number of hydrogen-bond donors (Lipinski definition) is 0. The van der Waals surface area contributed by atoms with E-state index >= 15 is 0 Å². The van der Waals surface area contributed by atoms with Crippen LogP contribution in [-0.4, -0.2) is 18.9 Å². The van der Waals surface area contributed by atoms with Gasteiger partial charge in [-0.1, -0.05) is 23.9 Å². The molecule has 122 valence electrons. The Morgan fingerprint density at radius 3 is 2.92 bits per heavy atom. The minimum Gasteiger partial charge on any atom is -0.269 e. The average molecular weight is 364 g/mol. The number of fused-ring (bicyclic) bond motifs is 2. The first-order valence-electron chi connectivity index (χ1n) is 6.97. The van der Waals surface area contributed by atoms with E-state index in [-0.39, 0.29) is 10.7 Å². The molecule has 0 amide bonds. The van der Waals surface area contributed by atoms with E-state index in [1.54, 1.807) is 35.8 Å². The van der Waals surface area contributed by atoms with Gasteiger partial charge in [0, 0.05) is 23.4 Å². The average Bonchev–Trinajstić information content (AvgIpc) is 3.16. The fraction of sp³-hybridized carbons (Fsp3) is 0.133. The molecule has 9 heteroatoms. The van der Waals surface area contributed by atoms with Crippen molar-refractivity contribution in [1.29, 1.82) is 0 Å². The summed E-state index contributed by atoms with van der Waals surface area (Å²) in [5.74, 6) is 0.291. The lowest BCUT2D eigenvalue weighted by Gasteiger charge is -2.07. The van der Waals surface area contributed by atoms with Crippen LogP contribution in [0.3, 0.4) is 0 Å². The molecule has 0 saturated carbocycles. The molecule has 4 aromatic rings. The van der Waals surface area contributed by atoms with Crippen molar-refractivity contribution in [1.82, 2.24) is 18.9 Å². The van der Waals surface area contributed by atoms with Crippen LogP contribution < -0.4 is 5.56 Å². The van der Waals surface area contributed by atoms with Crippen LogP contribution in [0.15, 0.2) is 51.9 Å². The number of para-hydroxylation sites is 2. The Morgan fingerprint density at radius 2 is 2.08 bits per heavy atom. The predicted octanol–water partition coefficient (Wildman–Crippen LogP) is 3.79. The van der Waals surface area contributed by atoms with Crippen LogP contribution in [0, 0.1) is 0 Å². The molecule has 3 aromatic heterocycles. The largest absolute Gasteiger partial charge is 0.321 e. The highest BCUT2D eigenvalue weighted by atomic mass is 32.2. The van der Waals surface area contributed by atoms with Gasteiger partial charge in [-0.15, -0.1) is 11.3 Å². The Labute approximate surface area is 142 Å². The van der Waals surface area contributed by atoms with Gasteiger partial charge in [-0.05, 0) is 12.1 Å². The normalized spacial score (nSPS) is 11.8. The number of halogens is 2. The second-order valence-corrected chi connectivity index (χ2v) is 6.78. The van der Waals surface area contributed by atoms with E-state index in [0.29, 0.717) is 27.4 Å². The van der Waals surface area contributed by atoms with Crippen LogP contribution in [0.2, 0.25) is 0 Å². The van der Waals surface area contributed by atoms with Crippen molar-refractivity contribution in [3.63, 3.8) is 0 Å². The number of thiazole rings is 1. The molecule has 5 nitrogen and oxygen atoms in total. The molecule has 0 N–H and O–H groups in total. The maximum atomic E-state index is 13.4. The summed E-state index contributed by atoms with van der Waals surface area (Å²) in [7, 11) is 0. The molecule has 3 heterocycles. The monoisotopic (exact) mass is 364 g/mol. The Bertz CT molecular complexity index is 1090. The van der Waals surface area contributed by atoms with Crippen LogP contribution in [-0.2, 0) is 5.75 Å². The number of nitrogens with zero attached hydrogens (tertiary/aromatic N) is 4. The summed E-state index contributed by atoms with van der Waals surface area (Å²) in [6.45, 7) is -2.68. The van der Waals surface area contributed by atoms with Gasteiger partial charge in [0.25, 0.3) is 5.56 Å². The predicted molar refractivity (Wildman–Crippen MR) is 89.9 cm³/mol. The van der Waals surface area contributed by atoms with Gasteiger partial charge in [0.2, 0.25) is 0 Å². The molecule has 4 rings (SSSR count). The van der Waals surface area contributed by atoms with E-state index in [1.807, 2.05) is 0 Å². The van der Waals surface area contributed by atoms with Crippen LogP contribution >= 0.6 is 23.1 Å². The zero-order valence-electron chi connectivity index (χ0n) is 12.1. The van der Waals surface area contributed by atoms with Crippen molar-refractivity contribution in [3.8, 4) is 0 Å². The first-order chi connectivity index (χ1) is 11.6. The molecule has 24 heavy (non-hydrogen) atoms. The van der Waals surface area contributed by atoms with Gasteiger partial charge in [-0.3, -0.25) is 13.8 Å². The number of hydrogen-bond acceptors (Lipinski definition) is 5. The third kappa shape index (κ3) is 2.59. The van der Waals surface area contributed by atoms with E-state index in [1.165, 1.54) is 21.8 Å². The van der Waals surface area contributed by atoms with Crippen molar-refractivity contribution in [2.24, 2.45) is 0 Å². The highest BCUT2D eigenvalue weighted by molar-refractivity contribution is 7.98. The van der Waals surface area contributed by atoms with Crippen molar-refractivity contribution in [2.45, 2.75) is 17.5 Å². The Hall–Kier alpha value is -2.26. The zero-order chi connectivity index (χ0) is 16.7. The van der Waals surface area contributed by atoms with Crippen LogP contribution in [0.5, 0.6) is 0 Å². The first-order valence-corrected chi connectivity index (χ1v) is 8.84. The third-order valence-corrected chi connectivity index (χ3v) is 5.21. The van der Waals surface area contributed by atoms with Gasteiger partial charge in [0.05, 0.1) is 16.7 Å². The number of aromatic nitrogens is 4. The summed E-state index contributed by atoms with van der Waals surface area (Å²) in [6.07, 6.45) is 1.66. The fourth-order valence-corrected chi connectivity index (χ4v) is 4.06. The molecule has 0 aliphatic rings. The van der Waals surface area contributed by atoms with E-state index in [9.17, 15) is 13.6 Å². The van der Waals surface area contributed by atoms with Gasteiger partial charge in [0.15, 0.2) is 10.1 Å². The molecule has 0 unspecified atom stereocenters. The fourth-order valence-electron chi connectivity index (χ4n) is 2.41. The minimum atomic E-state index is -2.68. The summed E-state index contributed by atoms with van der Waals surface area (Å²) in [5, 5.41) is 1.98. The van der Waals surface area contributed by atoms with E-state index in [0.717, 1.165) is 16.3 Å². The van der Waals surface area contributed by atoms with Crippen LogP contribution in [0.25, 0.3) is 16.0 Å². The Morgan fingerprint density at radius 1 is 1.25 bits per heavy atom. The van der Waals surface area contributed by atoms with Crippen molar-refractivity contribution in [2.75, 3.05) is 0 Å². The second-order valence-electron chi connectivity index (χ2n) is 4.96. The number of alkyl halides is 2. The standard InChI is InChI=1S/C15H10F2N4OS2/c16-13(17)21-11-4-2-1-3-10(11)19-15(21)24-8-9-7-12(22)20-5-6-23-14(20)18-9/h1-7,13H,8H2. The van der Waals surface area contributed by atoms with Gasteiger partial charge >= 0.3 is 6.55 Å². The third-order valence-electron chi connectivity index (χ3n) is 3.46. The molecular formula is C15H10F2N4OS2. The van der Waals surface area contributed by atoms with Gasteiger partial charge in [0.1, 0.15) is 0 Å². The van der Waals surface area contributed by atoms with E-state index in [2.05, 4.69) is 9.97 Å². The highest BCUT2D eigenvalue weighted by Crippen LogP contribution is 2.30. The van der Waals surface area contributed by atoms with Crippen LogP contribution in [0.1, 0.15) is 12.2 Å². The molecule has 0 aliphatic carbocycles. The summed E-state index contributed by atoms with van der Waals surface area (Å²) >= 11 is 2.49. The number of imidazole rings is 1. The molecule has 0 saturated heterocycles. The molecular weight excluding hydrogens is 354 g/mol. The number of benzene rings is 1. The molecule has 0 aliphatic heterocycles. The molecule has 0 fully saturated rings. The zero-order valence-corrected chi connectivity index (χ0v) is 13.7. The number of rotatable bonds is 4. The van der Waals surface area contributed by atoms with E-state index in [4.69, 9.17) is 0 Å².